The van der Waals surface area contributed by atoms with Crippen molar-refractivity contribution in [1.29, 1.82) is 5.26 Å². The third kappa shape index (κ3) is 5.06. The Hall–Kier alpha value is -2.42. The van der Waals surface area contributed by atoms with E-state index in [0.29, 0.717) is 31.0 Å². The molecule has 1 aromatic carbocycles. The average molecular weight is 311 g/mol. The van der Waals surface area contributed by atoms with E-state index in [0.717, 1.165) is 11.3 Å². The minimum absolute atomic E-state index is 0.106. The Morgan fingerprint density at radius 3 is 2.70 bits per heavy atom. The first-order valence-electron chi connectivity index (χ1n) is 7.65. The molecule has 0 aliphatic heterocycles. The van der Waals surface area contributed by atoms with Gasteiger partial charge >= 0.3 is 0 Å². The van der Waals surface area contributed by atoms with Gasteiger partial charge in [0.05, 0.1) is 6.61 Å². The van der Waals surface area contributed by atoms with Crippen LogP contribution in [0.25, 0.3) is 0 Å². The molecule has 2 rings (SSSR count). The molecule has 0 bridgehead atoms. The van der Waals surface area contributed by atoms with E-state index < -0.39 is 0 Å². The SMILES string of the molecule is Cc1ccc(C#N)c(O[C@H](CCNCCO)c2ccccc2)n1. The van der Waals surface area contributed by atoms with Gasteiger partial charge in [-0.2, -0.15) is 5.26 Å². The van der Waals surface area contributed by atoms with Gasteiger partial charge in [0.25, 0.3) is 0 Å². The first kappa shape index (κ1) is 16.9. The molecule has 0 amide bonds. The van der Waals surface area contributed by atoms with Gasteiger partial charge in [0.1, 0.15) is 17.7 Å². The van der Waals surface area contributed by atoms with Crippen LogP contribution in [0.3, 0.4) is 0 Å². The number of nitrogens with one attached hydrogen (secondary N) is 1. The van der Waals surface area contributed by atoms with Crippen molar-refractivity contribution in [3.63, 3.8) is 0 Å². The molecule has 0 spiro atoms. The van der Waals surface area contributed by atoms with Crippen LogP contribution in [0.5, 0.6) is 5.88 Å². The first-order chi connectivity index (χ1) is 11.2. The summed E-state index contributed by atoms with van der Waals surface area (Å²) in [7, 11) is 0. The van der Waals surface area contributed by atoms with E-state index in [1.807, 2.05) is 37.3 Å². The Morgan fingerprint density at radius 1 is 1.22 bits per heavy atom. The summed E-state index contributed by atoms with van der Waals surface area (Å²) in [5, 5.41) is 21.2. The predicted molar refractivity (Wildman–Crippen MR) is 88.1 cm³/mol. The van der Waals surface area contributed by atoms with Crippen molar-refractivity contribution in [1.82, 2.24) is 10.3 Å². The Balaban J connectivity index is 2.17. The number of ether oxygens (including phenoxy) is 1. The van der Waals surface area contributed by atoms with E-state index in [4.69, 9.17) is 9.84 Å². The standard InChI is InChI=1S/C18H21N3O2/c1-14-7-8-16(13-19)18(21-14)23-17(9-10-20-11-12-22)15-5-3-2-4-6-15/h2-8,17,20,22H,9-12H2,1H3/t17-/m1/s1. The maximum absolute atomic E-state index is 9.23. The second-order valence-electron chi connectivity index (χ2n) is 5.20. The molecule has 1 heterocycles. The number of nitriles is 1. The van der Waals surface area contributed by atoms with Crippen LogP contribution in [0.2, 0.25) is 0 Å². The number of benzene rings is 1. The average Bonchev–Trinajstić information content (AvgIpc) is 2.58. The summed E-state index contributed by atoms with van der Waals surface area (Å²) in [5.41, 5.74) is 2.27. The Bertz CT molecular complexity index is 653. The van der Waals surface area contributed by atoms with Gasteiger partial charge in [-0.05, 0) is 31.2 Å². The summed E-state index contributed by atoms with van der Waals surface area (Å²) in [4.78, 5) is 4.35. The van der Waals surface area contributed by atoms with Gasteiger partial charge in [-0.25, -0.2) is 4.98 Å². The Morgan fingerprint density at radius 2 is 2.00 bits per heavy atom. The maximum Gasteiger partial charge on any atom is 0.232 e. The third-order valence-electron chi connectivity index (χ3n) is 3.42. The minimum Gasteiger partial charge on any atom is -0.468 e. The lowest BCUT2D eigenvalue weighted by Crippen LogP contribution is -2.23. The van der Waals surface area contributed by atoms with Crippen LogP contribution < -0.4 is 10.1 Å². The lowest BCUT2D eigenvalue weighted by Gasteiger charge is -2.20. The van der Waals surface area contributed by atoms with Gasteiger partial charge < -0.3 is 15.2 Å². The summed E-state index contributed by atoms with van der Waals surface area (Å²) in [5.74, 6) is 0.364. The van der Waals surface area contributed by atoms with E-state index >= 15 is 0 Å². The van der Waals surface area contributed by atoms with E-state index in [1.54, 1.807) is 12.1 Å². The lowest BCUT2D eigenvalue weighted by molar-refractivity contribution is 0.183. The van der Waals surface area contributed by atoms with Gasteiger partial charge in [0, 0.05) is 18.7 Å². The quantitative estimate of drug-likeness (QED) is 0.732. The smallest absolute Gasteiger partial charge is 0.232 e. The molecule has 0 aliphatic rings. The van der Waals surface area contributed by atoms with Crippen molar-refractivity contribution in [2.45, 2.75) is 19.4 Å². The molecule has 0 fully saturated rings. The van der Waals surface area contributed by atoms with E-state index in [1.165, 1.54) is 0 Å². The number of hydrogen-bond acceptors (Lipinski definition) is 5. The highest BCUT2D eigenvalue weighted by Gasteiger charge is 2.16. The fraction of sp³-hybridized carbons (Fsp3) is 0.333. The fourth-order valence-electron chi connectivity index (χ4n) is 2.24. The molecule has 23 heavy (non-hydrogen) atoms. The molecule has 0 radical (unpaired) electrons. The third-order valence-corrected chi connectivity index (χ3v) is 3.42. The normalized spacial score (nSPS) is 11.7. The van der Waals surface area contributed by atoms with Crippen LogP contribution in [0.4, 0.5) is 0 Å². The zero-order chi connectivity index (χ0) is 16.5. The van der Waals surface area contributed by atoms with Crippen molar-refractivity contribution in [3.05, 3.63) is 59.3 Å². The minimum atomic E-state index is -0.205. The van der Waals surface area contributed by atoms with Gasteiger partial charge in [-0.15, -0.1) is 0 Å². The number of aliphatic hydroxyl groups excluding tert-OH is 1. The van der Waals surface area contributed by atoms with Crippen molar-refractivity contribution in [2.75, 3.05) is 19.7 Å². The Kier molecular flexibility index (Phi) is 6.55. The Labute approximate surface area is 136 Å². The van der Waals surface area contributed by atoms with Crippen molar-refractivity contribution in [3.8, 4) is 11.9 Å². The topological polar surface area (TPSA) is 78.2 Å². The highest BCUT2D eigenvalue weighted by molar-refractivity contribution is 5.39. The number of aliphatic hydroxyl groups is 1. The van der Waals surface area contributed by atoms with Crippen molar-refractivity contribution < 1.29 is 9.84 Å². The molecule has 0 aliphatic carbocycles. The zero-order valence-electron chi connectivity index (χ0n) is 13.2. The lowest BCUT2D eigenvalue weighted by atomic mass is 10.1. The first-order valence-corrected chi connectivity index (χ1v) is 7.65. The fourth-order valence-corrected chi connectivity index (χ4v) is 2.24. The molecule has 0 saturated carbocycles. The summed E-state index contributed by atoms with van der Waals surface area (Å²) < 4.78 is 6.05. The number of aryl methyl sites for hydroxylation is 1. The van der Waals surface area contributed by atoms with E-state index in [-0.39, 0.29) is 12.7 Å². The molecule has 120 valence electrons. The van der Waals surface area contributed by atoms with Gasteiger partial charge in [0.15, 0.2) is 0 Å². The molecule has 0 saturated heterocycles. The molecule has 0 unspecified atom stereocenters. The molecule has 1 aromatic heterocycles. The van der Waals surface area contributed by atoms with Crippen LogP contribution in [-0.4, -0.2) is 29.8 Å². The number of rotatable bonds is 8. The molecule has 1 atom stereocenters. The second kappa shape index (κ2) is 8.89. The number of hydrogen-bond donors (Lipinski definition) is 2. The van der Waals surface area contributed by atoms with Crippen LogP contribution >= 0.6 is 0 Å². The monoisotopic (exact) mass is 311 g/mol. The summed E-state index contributed by atoms with van der Waals surface area (Å²) in [6, 6.07) is 15.5. The summed E-state index contributed by atoms with van der Waals surface area (Å²) in [6.45, 7) is 3.23. The summed E-state index contributed by atoms with van der Waals surface area (Å²) in [6.07, 6.45) is 0.508. The van der Waals surface area contributed by atoms with Crippen LogP contribution in [0.15, 0.2) is 42.5 Å². The van der Waals surface area contributed by atoms with Crippen LogP contribution in [0.1, 0.15) is 29.3 Å². The molecule has 5 nitrogen and oxygen atoms in total. The van der Waals surface area contributed by atoms with Crippen LogP contribution in [0, 0.1) is 18.3 Å². The van der Waals surface area contributed by atoms with E-state index in [9.17, 15) is 5.26 Å². The molecule has 5 heteroatoms. The largest absolute Gasteiger partial charge is 0.468 e. The number of aromatic nitrogens is 1. The molecule has 2 aromatic rings. The van der Waals surface area contributed by atoms with Gasteiger partial charge in [-0.1, -0.05) is 30.3 Å². The van der Waals surface area contributed by atoms with Gasteiger partial charge in [0.2, 0.25) is 5.88 Å². The molecular formula is C18H21N3O2. The zero-order valence-corrected chi connectivity index (χ0v) is 13.2. The summed E-state index contributed by atoms with van der Waals surface area (Å²) >= 11 is 0. The van der Waals surface area contributed by atoms with Crippen molar-refractivity contribution in [2.24, 2.45) is 0 Å². The molecule has 2 N–H and O–H groups in total. The predicted octanol–water partition coefficient (Wildman–Crippen LogP) is 2.35. The highest BCUT2D eigenvalue weighted by Crippen LogP contribution is 2.25. The molecular weight excluding hydrogens is 290 g/mol. The van der Waals surface area contributed by atoms with Crippen LogP contribution in [-0.2, 0) is 0 Å². The highest BCUT2D eigenvalue weighted by atomic mass is 16.5. The van der Waals surface area contributed by atoms with Gasteiger partial charge in [-0.3, -0.25) is 0 Å². The van der Waals surface area contributed by atoms with E-state index in [2.05, 4.69) is 16.4 Å². The van der Waals surface area contributed by atoms with Crippen molar-refractivity contribution >= 4 is 0 Å². The second-order valence-corrected chi connectivity index (χ2v) is 5.20. The number of nitrogens with zero attached hydrogens (tertiary/aromatic N) is 2. The maximum atomic E-state index is 9.23. The number of pyridine rings is 1.